The van der Waals surface area contributed by atoms with E-state index in [0.29, 0.717) is 18.2 Å². The quantitative estimate of drug-likeness (QED) is 0.310. The number of nitrogens with zero attached hydrogens (tertiary/aromatic N) is 3. The van der Waals surface area contributed by atoms with E-state index in [1.807, 2.05) is 43.5 Å². The minimum Gasteiger partial charge on any atom is -0.308 e. The number of halogens is 2. The molecule has 2 aromatic carbocycles. The smallest absolute Gasteiger partial charge is 0.229 e. The monoisotopic (exact) mass is 517 g/mol. The predicted molar refractivity (Wildman–Crippen MR) is 133 cm³/mol. The molecule has 3 rings (SSSR count). The number of fused-ring (bicyclic) bond motifs is 1. The number of carbonyl (C=O) groups excluding carboxylic acids is 1. The van der Waals surface area contributed by atoms with Gasteiger partial charge in [0, 0.05) is 24.4 Å². The third-order valence-corrected chi connectivity index (χ3v) is 8.14. The second kappa shape index (κ2) is 11.4. The Balaban J connectivity index is 0.00000363. The van der Waals surface area contributed by atoms with Crippen LogP contribution in [0.2, 0.25) is 0 Å². The van der Waals surface area contributed by atoms with Crippen molar-refractivity contribution in [2.75, 3.05) is 44.1 Å². The van der Waals surface area contributed by atoms with Gasteiger partial charge in [-0.3, -0.25) is 9.69 Å². The van der Waals surface area contributed by atoms with E-state index in [0.717, 1.165) is 27.2 Å². The van der Waals surface area contributed by atoms with Gasteiger partial charge in [-0.05, 0) is 62.8 Å². The second-order valence-electron chi connectivity index (χ2n) is 7.20. The van der Waals surface area contributed by atoms with Gasteiger partial charge in [-0.25, -0.2) is 17.8 Å². The van der Waals surface area contributed by atoms with Gasteiger partial charge in [0.15, 0.2) is 15.0 Å². The molecule has 0 radical (unpaired) electrons. The average Bonchev–Trinajstić information content (AvgIpc) is 3.15. The zero-order valence-corrected chi connectivity index (χ0v) is 21.2. The first kappa shape index (κ1) is 26.5. The van der Waals surface area contributed by atoms with Crippen molar-refractivity contribution >= 4 is 66.6 Å². The van der Waals surface area contributed by atoms with Crippen molar-refractivity contribution in [3.8, 4) is 0 Å². The number of hydrogen-bond donors (Lipinski definition) is 0. The maximum atomic E-state index is 13.1. The summed E-state index contributed by atoms with van der Waals surface area (Å²) < 4.78 is 39.2. The number of sulfone groups is 1. The average molecular weight is 518 g/mol. The number of thiazole rings is 1. The summed E-state index contributed by atoms with van der Waals surface area (Å²) in [5.41, 5.74) is 0.805. The van der Waals surface area contributed by atoms with E-state index in [2.05, 4.69) is 4.98 Å². The topological polar surface area (TPSA) is 70.6 Å². The lowest BCUT2D eigenvalue weighted by atomic mass is 10.3. The van der Waals surface area contributed by atoms with Gasteiger partial charge in [-0.1, -0.05) is 11.3 Å². The Morgan fingerprint density at radius 1 is 1.12 bits per heavy atom. The largest absolute Gasteiger partial charge is 0.308 e. The highest BCUT2D eigenvalue weighted by molar-refractivity contribution is 7.98. The van der Waals surface area contributed by atoms with Crippen LogP contribution in [-0.4, -0.2) is 63.4 Å². The van der Waals surface area contributed by atoms with Crippen molar-refractivity contribution in [3.05, 3.63) is 48.3 Å². The molecule has 0 aliphatic heterocycles. The lowest BCUT2D eigenvalue weighted by Gasteiger charge is -2.22. The molecule has 3 aromatic rings. The molecule has 0 atom stereocenters. The third-order valence-electron chi connectivity index (χ3n) is 4.64. The molecule has 0 aliphatic rings. The normalized spacial score (nSPS) is 11.5. The van der Waals surface area contributed by atoms with Crippen LogP contribution in [0, 0.1) is 5.82 Å². The number of rotatable bonds is 9. The van der Waals surface area contributed by atoms with Crippen molar-refractivity contribution in [3.63, 3.8) is 0 Å². The SMILES string of the molecule is CSc1ccc2nc(N(CCN(C)C)C(=O)CCS(=O)(=O)c3ccc(F)cc3)sc2c1.Cl. The first-order chi connectivity index (χ1) is 14.7. The maximum absolute atomic E-state index is 13.1. The van der Waals surface area contributed by atoms with E-state index in [1.165, 1.54) is 23.5 Å². The van der Waals surface area contributed by atoms with Crippen LogP contribution in [0.25, 0.3) is 10.2 Å². The highest BCUT2D eigenvalue weighted by Crippen LogP contribution is 2.32. The van der Waals surface area contributed by atoms with E-state index >= 15 is 0 Å². The first-order valence-electron chi connectivity index (χ1n) is 9.57. The number of benzene rings is 2. The third kappa shape index (κ3) is 6.64. The Kier molecular flexibility index (Phi) is 9.47. The lowest BCUT2D eigenvalue weighted by Crippen LogP contribution is -2.37. The van der Waals surface area contributed by atoms with Gasteiger partial charge in [0.05, 0.1) is 20.9 Å². The van der Waals surface area contributed by atoms with Gasteiger partial charge >= 0.3 is 0 Å². The standard InChI is InChI=1S/C21H24FN3O3S3.ClH/c1-24(2)11-12-25(21-23-18-9-6-16(29-3)14-19(18)30-21)20(26)10-13-31(27,28)17-7-4-15(22)5-8-17;/h4-9,14H,10-13H2,1-3H3;1H. The zero-order valence-electron chi connectivity index (χ0n) is 17.9. The number of thioether (sulfide) groups is 1. The molecule has 0 saturated heterocycles. The molecular formula is C21H25ClFN3O3S3. The summed E-state index contributed by atoms with van der Waals surface area (Å²) in [7, 11) is 0.118. The number of amides is 1. The van der Waals surface area contributed by atoms with Gasteiger partial charge in [0.25, 0.3) is 0 Å². The van der Waals surface area contributed by atoms with Crippen LogP contribution in [0.5, 0.6) is 0 Å². The molecule has 6 nitrogen and oxygen atoms in total. The van der Waals surface area contributed by atoms with E-state index in [-0.39, 0.29) is 35.4 Å². The maximum Gasteiger partial charge on any atom is 0.229 e. The minimum atomic E-state index is -3.70. The summed E-state index contributed by atoms with van der Waals surface area (Å²) in [5, 5.41) is 0.555. The molecular weight excluding hydrogens is 493 g/mol. The number of carbonyl (C=O) groups is 1. The Morgan fingerprint density at radius 2 is 1.81 bits per heavy atom. The Morgan fingerprint density at radius 3 is 2.44 bits per heavy atom. The molecule has 11 heteroatoms. The van der Waals surface area contributed by atoms with Crippen LogP contribution in [0.1, 0.15) is 6.42 Å². The van der Waals surface area contributed by atoms with Crippen LogP contribution >= 0.6 is 35.5 Å². The lowest BCUT2D eigenvalue weighted by molar-refractivity contribution is -0.118. The van der Waals surface area contributed by atoms with Gasteiger partial charge in [0.1, 0.15) is 5.82 Å². The van der Waals surface area contributed by atoms with Crippen LogP contribution in [0.15, 0.2) is 52.3 Å². The minimum absolute atomic E-state index is 0. The molecule has 0 bridgehead atoms. The molecule has 174 valence electrons. The fraction of sp³-hybridized carbons (Fsp3) is 0.333. The van der Waals surface area contributed by atoms with Gasteiger partial charge in [0.2, 0.25) is 5.91 Å². The molecule has 0 fully saturated rings. The second-order valence-corrected chi connectivity index (χ2v) is 11.2. The summed E-state index contributed by atoms with van der Waals surface area (Å²) in [6.07, 6.45) is 1.82. The van der Waals surface area contributed by atoms with Crippen LogP contribution in [-0.2, 0) is 14.6 Å². The van der Waals surface area contributed by atoms with Gasteiger partial charge in [-0.2, -0.15) is 0 Å². The van der Waals surface area contributed by atoms with Crippen molar-refractivity contribution in [2.24, 2.45) is 0 Å². The molecule has 1 aromatic heterocycles. The fourth-order valence-corrected chi connectivity index (χ4v) is 5.67. The van der Waals surface area contributed by atoms with Crippen molar-refractivity contribution in [1.29, 1.82) is 0 Å². The summed E-state index contributed by atoms with van der Waals surface area (Å²) in [4.78, 5) is 22.3. The summed E-state index contributed by atoms with van der Waals surface area (Å²) >= 11 is 3.05. The van der Waals surface area contributed by atoms with E-state index in [9.17, 15) is 17.6 Å². The van der Waals surface area contributed by atoms with Crippen molar-refractivity contribution < 1.29 is 17.6 Å². The molecule has 0 spiro atoms. The highest BCUT2D eigenvalue weighted by atomic mass is 35.5. The molecule has 0 unspecified atom stereocenters. The summed E-state index contributed by atoms with van der Waals surface area (Å²) in [6, 6.07) is 10.6. The highest BCUT2D eigenvalue weighted by Gasteiger charge is 2.23. The molecule has 1 heterocycles. The van der Waals surface area contributed by atoms with Crippen LogP contribution in [0.4, 0.5) is 9.52 Å². The number of aromatic nitrogens is 1. The zero-order chi connectivity index (χ0) is 22.6. The van der Waals surface area contributed by atoms with Gasteiger partial charge < -0.3 is 4.90 Å². The summed E-state index contributed by atoms with van der Waals surface area (Å²) in [5.74, 6) is -1.17. The van der Waals surface area contributed by atoms with E-state index in [4.69, 9.17) is 0 Å². The molecule has 0 saturated carbocycles. The van der Waals surface area contributed by atoms with E-state index < -0.39 is 15.7 Å². The fourth-order valence-electron chi connectivity index (χ4n) is 2.88. The van der Waals surface area contributed by atoms with Crippen molar-refractivity contribution in [1.82, 2.24) is 9.88 Å². The number of anilines is 1. The molecule has 0 aliphatic carbocycles. The van der Waals surface area contributed by atoms with Gasteiger partial charge in [-0.15, -0.1) is 24.2 Å². The predicted octanol–water partition coefficient (Wildman–Crippen LogP) is 4.34. The first-order valence-corrected chi connectivity index (χ1v) is 13.3. The molecule has 32 heavy (non-hydrogen) atoms. The number of hydrogen-bond acceptors (Lipinski definition) is 7. The number of likely N-dealkylation sites (N-methyl/N-ethyl adjacent to an activating group) is 1. The summed E-state index contributed by atoms with van der Waals surface area (Å²) in [6.45, 7) is 1.01. The Bertz CT molecular complexity index is 1170. The Hall–Kier alpha value is -1.72. The Labute approximate surface area is 202 Å². The molecule has 0 N–H and O–H groups in total. The van der Waals surface area contributed by atoms with E-state index in [1.54, 1.807) is 16.7 Å². The van der Waals surface area contributed by atoms with Crippen LogP contribution in [0.3, 0.4) is 0 Å². The van der Waals surface area contributed by atoms with Crippen molar-refractivity contribution in [2.45, 2.75) is 16.2 Å². The molecule has 1 amide bonds. The van der Waals surface area contributed by atoms with Crippen LogP contribution < -0.4 is 4.90 Å².